The van der Waals surface area contributed by atoms with Gasteiger partial charge in [-0.25, -0.2) is 5.43 Å². The van der Waals surface area contributed by atoms with Crippen LogP contribution in [-0.2, 0) is 9.53 Å². The van der Waals surface area contributed by atoms with Crippen LogP contribution in [0.25, 0.3) is 0 Å². The summed E-state index contributed by atoms with van der Waals surface area (Å²) < 4.78 is 5.43. The molecular formula is C23H25N7O2. The summed E-state index contributed by atoms with van der Waals surface area (Å²) in [7, 11) is 0. The summed E-state index contributed by atoms with van der Waals surface area (Å²) in [6.45, 7) is 3.11. The number of dihydropyridines is 1. The second-order valence-electron chi connectivity index (χ2n) is 7.86. The summed E-state index contributed by atoms with van der Waals surface area (Å²) >= 11 is 0. The summed E-state index contributed by atoms with van der Waals surface area (Å²) in [4.78, 5) is 15.4. The summed E-state index contributed by atoms with van der Waals surface area (Å²) in [6.07, 6.45) is 11.4. The van der Waals surface area contributed by atoms with E-state index in [1.165, 1.54) is 0 Å². The number of rotatable bonds is 4. The number of ether oxygens (including phenoxy) is 1. The van der Waals surface area contributed by atoms with Crippen molar-refractivity contribution in [3.8, 4) is 6.07 Å². The predicted octanol–water partition coefficient (Wildman–Crippen LogP) is 0.522. The van der Waals surface area contributed by atoms with Crippen molar-refractivity contribution in [1.29, 1.82) is 5.26 Å². The number of nitrogens with one attached hydrogen (secondary N) is 4. The molecule has 3 unspecified atom stereocenters. The summed E-state index contributed by atoms with van der Waals surface area (Å²) in [5, 5.41) is 20.8. The molecule has 1 aromatic rings. The molecule has 4 heterocycles. The van der Waals surface area contributed by atoms with E-state index in [9.17, 15) is 10.1 Å². The minimum Gasteiger partial charge on any atom is -0.379 e. The quantitative estimate of drug-likeness (QED) is 0.512. The zero-order valence-corrected chi connectivity index (χ0v) is 17.5. The largest absolute Gasteiger partial charge is 0.379 e. The summed E-state index contributed by atoms with van der Waals surface area (Å²) in [5.74, 6) is 0.419. The van der Waals surface area contributed by atoms with E-state index in [2.05, 4.69) is 38.4 Å². The van der Waals surface area contributed by atoms with Gasteiger partial charge in [-0.1, -0.05) is 30.4 Å². The van der Waals surface area contributed by atoms with Gasteiger partial charge in [0.2, 0.25) is 0 Å². The molecule has 0 aliphatic carbocycles. The molecule has 0 bridgehead atoms. The van der Waals surface area contributed by atoms with Gasteiger partial charge in [0.25, 0.3) is 5.91 Å². The molecule has 0 aromatic heterocycles. The fraction of sp³-hybridized carbons (Fsp3) is 0.304. The van der Waals surface area contributed by atoms with Gasteiger partial charge in [0.05, 0.1) is 30.9 Å². The monoisotopic (exact) mass is 431 g/mol. The number of hydrazine groups is 1. The molecule has 0 saturated carbocycles. The molecule has 1 saturated heterocycles. The first-order chi connectivity index (χ1) is 15.7. The van der Waals surface area contributed by atoms with Crippen molar-refractivity contribution in [2.24, 2.45) is 0 Å². The van der Waals surface area contributed by atoms with Gasteiger partial charge in [0.15, 0.2) is 0 Å². The molecule has 164 valence electrons. The Hall–Kier alpha value is -3.58. The van der Waals surface area contributed by atoms with Crippen molar-refractivity contribution in [3.05, 3.63) is 83.5 Å². The van der Waals surface area contributed by atoms with Crippen LogP contribution in [0, 0.1) is 11.3 Å². The maximum atomic E-state index is 13.1. The number of benzene rings is 1. The van der Waals surface area contributed by atoms with Crippen LogP contribution in [0.3, 0.4) is 0 Å². The number of morpholine rings is 1. The zero-order valence-electron chi connectivity index (χ0n) is 17.5. The van der Waals surface area contributed by atoms with Crippen LogP contribution in [0.5, 0.6) is 0 Å². The highest BCUT2D eigenvalue weighted by molar-refractivity contribution is 5.94. The van der Waals surface area contributed by atoms with Crippen LogP contribution >= 0.6 is 0 Å². The molecule has 1 amide bonds. The number of nitrogens with zero attached hydrogens (tertiary/aromatic N) is 3. The first-order valence-electron chi connectivity index (χ1n) is 10.7. The lowest BCUT2D eigenvalue weighted by Crippen LogP contribution is -2.53. The van der Waals surface area contributed by atoms with Crippen molar-refractivity contribution in [2.45, 2.75) is 18.4 Å². The Labute approximate surface area is 186 Å². The number of amides is 1. The third-order valence-electron chi connectivity index (χ3n) is 5.89. The van der Waals surface area contributed by atoms with Gasteiger partial charge in [0.1, 0.15) is 23.8 Å². The summed E-state index contributed by atoms with van der Waals surface area (Å²) in [5.41, 5.74) is 5.31. The number of fused-ring (bicyclic) bond motifs is 1. The Kier molecular flexibility index (Phi) is 5.64. The van der Waals surface area contributed by atoms with E-state index < -0.39 is 0 Å². The smallest absolute Gasteiger partial charge is 0.276 e. The van der Waals surface area contributed by atoms with E-state index in [0.29, 0.717) is 30.3 Å². The fourth-order valence-corrected chi connectivity index (χ4v) is 4.22. The lowest BCUT2D eigenvalue weighted by atomic mass is 10.00. The Morgan fingerprint density at radius 3 is 2.84 bits per heavy atom. The Bertz CT molecular complexity index is 1050. The number of nitriles is 1. The minimum absolute atomic E-state index is 0.0190. The third kappa shape index (κ3) is 3.99. The Morgan fingerprint density at radius 2 is 2.00 bits per heavy atom. The van der Waals surface area contributed by atoms with Crippen LogP contribution in [0.2, 0.25) is 0 Å². The Balaban J connectivity index is 1.25. The first kappa shape index (κ1) is 20.3. The highest BCUT2D eigenvalue weighted by atomic mass is 16.5. The van der Waals surface area contributed by atoms with Gasteiger partial charge in [-0.3, -0.25) is 14.7 Å². The van der Waals surface area contributed by atoms with Crippen molar-refractivity contribution in [3.63, 3.8) is 0 Å². The maximum Gasteiger partial charge on any atom is 0.276 e. The highest BCUT2D eigenvalue weighted by Crippen LogP contribution is 2.26. The molecule has 5 rings (SSSR count). The average Bonchev–Trinajstić information content (AvgIpc) is 3.28. The third-order valence-corrected chi connectivity index (χ3v) is 5.89. The first-order valence-corrected chi connectivity index (χ1v) is 10.7. The van der Waals surface area contributed by atoms with Crippen LogP contribution in [-0.4, -0.2) is 54.5 Å². The molecule has 9 heteroatoms. The molecule has 4 aliphatic heterocycles. The molecule has 4 N–H and O–H groups in total. The zero-order chi connectivity index (χ0) is 21.9. The highest BCUT2D eigenvalue weighted by Gasteiger charge is 2.34. The molecule has 32 heavy (non-hydrogen) atoms. The maximum absolute atomic E-state index is 13.1. The van der Waals surface area contributed by atoms with Gasteiger partial charge >= 0.3 is 0 Å². The standard InChI is InChI=1S/C23H25N7O2/c24-14-16-4-1-2-5-17(16)18-8-9-21-25-15-19(30(21)28-18)23(31)27-20-6-3-7-22(26-20)29-10-12-32-13-11-29/h1-9,15,18,21-22,25-26,28H,10-13H2,(H,27,31). The van der Waals surface area contributed by atoms with Gasteiger partial charge < -0.3 is 20.7 Å². The van der Waals surface area contributed by atoms with E-state index in [0.717, 1.165) is 18.7 Å². The van der Waals surface area contributed by atoms with E-state index in [1.807, 2.05) is 42.5 Å². The number of carbonyl (C=O) groups is 1. The van der Waals surface area contributed by atoms with Crippen LogP contribution in [0.4, 0.5) is 0 Å². The van der Waals surface area contributed by atoms with E-state index in [-0.39, 0.29) is 24.3 Å². The molecule has 3 atom stereocenters. The normalized spacial score (nSPS) is 26.8. The van der Waals surface area contributed by atoms with Gasteiger partial charge in [-0.2, -0.15) is 5.26 Å². The molecule has 1 fully saturated rings. The summed E-state index contributed by atoms with van der Waals surface area (Å²) in [6, 6.07) is 9.49. The van der Waals surface area contributed by atoms with Crippen molar-refractivity contribution < 1.29 is 9.53 Å². The second-order valence-corrected chi connectivity index (χ2v) is 7.86. The lowest BCUT2D eigenvalue weighted by Gasteiger charge is -2.36. The van der Waals surface area contributed by atoms with E-state index >= 15 is 0 Å². The number of carbonyl (C=O) groups excluding carboxylic acids is 1. The molecule has 1 aromatic carbocycles. The van der Waals surface area contributed by atoms with Crippen LogP contribution < -0.4 is 21.4 Å². The fourth-order valence-electron chi connectivity index (χ4n) is 4.22. The Morgan fingerprint density at radius 1 is 1.16 bits per heavy atom. The van der Waals surface area contributed by atoms with E-state index in [1.54, 1.807) is 17.3 Å². The van der Waals surface area contributed by atoms with Gasteiger partial charge in [-0.05, 0) is 29.9 Å². The molecule has 4 aliphatic rings. The minimum atomic E-state index is -0.232. The molecule has 9 nitrogen and oxygen atoms in total. The van der Waals surface area contributed by atoms with Crippen molar-refractivity contribution in [1.82, 2.24) is 31.3 Å². The number of hydrogen-bond donors (Lipinski definition) is 4. The lowest BCUT2D eigenvalue weighted by molar-refractivity contribution is -0.119. The molecule has 0 spiro atoms. The SMILES string of the molecule is N#Cc1ccccc1C1C=CC2NC=C(C(=O)NC3=CC=CC(N4CCOCC4)N3)N2N1. The van der Waals surface area contributed by atoms with Crippen molar-refractivity contribution in [2.75, 3.05) is 26.3 Å². The van der Waals surface area contributed by atoms with Gasteiger partial charge in [0, 0.05) is 19.3 Å². The van der Waals surface area contributed by atoms with Gasteiger partial charge in [-0.15, -0.1) is 0 Å². The number of allylic oxidation sites excluding steroid dienone is 2. The van der Waals surface area contributed by atoms with Crippen molar-refractivity contribution >= 4 is 5.91 Å². The molecular weight excluding hydrogens is 406 g/mol. The average molecular weight is 432 g/mol. The van der Waals surface area contributed by atoms with Crippen LogP contribution in [0.1, 0.15) is 17.2 Å². The number of hydrogen-bond acceptors (Lipinski definition) is 8. The predicted molar refractivity (Wildman–Crippen MR) is 118 cm³/mol. The molecule has 0 radical (unpaired) electrons. The van der Waals surface area contributed by atoms with E-state index in [4.69, 9.17) is 4.74 Å². The topological polar surface area (TPSA) is 105 Å². The van der Waals surface area contributed by atoms with Crippen LogP contribution in [0.15, 0.2) is 72.4 Å². The second kappa shape index (κ2) is 8.88.